The Morgan fingerprint density at radius 1 is 1.62 bits per heavy atom. The van der Waals surface area contributed by atoms with Crippen molar-refractivity contribution in [1.29, 1.82) is 0 Å². The summed E-state index contributed by atoms with van der Waals surface area (Å²) in [7, 11) is 0. The van der Waals surface area contributed by atoms with Crippen LogP contribution in [0.3, 0.4) is 0 Å². The van der Waals surface area contributed by atoms with E-state index in [2.05, 4.69) is 5.16 Å². The molecule has 0 saturated carbocycles. The van der Waals surface area contributed by atoms with Crippen LogP contribution < -0.4 is 0 Å². The van der Waals surface area contributed by atoms with E-state index >= 15 is 0 Å². The van der Waals surface area contributed by atoms with E-state index in [0.29, 0.717) is 21.7 Å². The van der Waals surface area contributed by atoms with Gasteiger partial charge in [-0.3, -0.25) is 0 Å². The van der Waals surface area contributed by atoms with E-state index in [0.717, 1.165) is 4.88 Å². The molecular formula is C7H6ClNO2S2. The molecule has 1 aliphatic heterocycles. The van der Waals surface area contributed by atoms with Crippen LogP contribution in [0.2, 0.25) is 4.34 Å². The molecule has 1 aliphatic rings. The van der Waals surface area contributed by atoms with Crippen LogP contribution in [-0.2, 0) is 16.0 Å². The Morgan fingerprint density at radius 3 is 3.08 bits per heavy atom. The summed E-state index contributed by atoms with van der Waals surface area (Å²) in [4.78, 5) is 5.70. The first-order valence-corrected chi connectivity index (χ1v) is 6.13. The smallest absolute Gasteiger partial charge is 0.295 e. The quantitative estimate of drug-likeness (QED) is 0.698. The molecule has 1 atom stereocenters. The number of hydrogen-bond acceptors (Lipinski definition) is 4. The molecule has 0 spiro atoms. The van der Waals surface area contributed by atoms with Gasteiger partial charge >= 0.3 is 0 Å². The Kier molecular flexibility index (Phi) is 2.78. The predicted octanol–water partition coefficient (Wildman–Crippen LogP) is 1.84. The third kappa shape index (κ3) is 1.99. The number of rotatable bonds is 1. The van der Waals surface area contributed by atoms with Gasteiger partial charge in [-0.1, -0.05) is 11.6 Å². The number of halogens is 1. The molecule has 0 radical (unpaired) electrons. The van der Waals surface area contributed by atoms with E-state index in [-0.39, 0.29) is 0 Å². The van der Waals surface area contributed by atoms with Gasteiger partial charge in [0.1, 0.15) is 10.6 Å². The van der Waals surface area contributed by atoms with Crippen molar-refractivity contribution in [3.8, 4) is 0 Å². The minimum atomic E-state index is -1.04. The van der Waals surface area contributed by atoms with Gasteiger partial charge in [0.05, 0.1) is 4.34 Å². The van der Waals surface area contributed by atoms with Crippen molar-refractivity contribution in [2.75, 3.05) is 12.4 Å². The highest BCUT2D eigenvalue weighted by Gasteiger charge is 2.25. The largest absolute Gasteiger partial charge is 0.610 e. The zero-order chi connectivity index (χ0) is 9.26. The van der Waals surface area contributed by atoms with Crippen molar-refractivity contribution in [3.05, 3.63) is 21.3 Å². The van der Waals surface area contributed by atoms with Crippen molar-refractivity contribution in [2.24, 2.45) is 5.16 Å². The fourth-order valence-electron chi connectivity index (χ4n) is 0.942. The van der Waals surface area contributed by atoms with Crippen LogP contribution in [0, 0.1) is 0 Å². The van der Waals surface area contributed by atoms with Crippen LogP contribution in [-0.4, -0.2) is 22.0 Å². The molecule has 2 heterocycles. The zero-order valence-electron chi connectivity index (χ0n) is 6.53. The highest BCUT2D eigenvalue weighted by molar-refractivity contribution is 8.07. The van der Waals surface area contributed by atoms with Crippen molar-refractivity contribution in [1.82, 2.24) is 0 Å². The summed E-state index contributed by atoms with van der Waals surface area (Å²) < 4.78 is 12.1. The third-order valence-electron chi connectivity index (χ3n) is 1.51. The monoisotopic (exact) mass is 235 g/mol. The van der Waals surface area contributed by atoms with Gasteiger partial charge in [0.25, 0.3) is 5.04 Å². The van der Waals surface area contributed by atoms with E-state index in [1.165, 1.54) is 11.3 Å². The first kappa shape index (κ1) is 9.33. The lowest BCUT2D eigenvalue weighted by atomic mass is 10.5. The predicted molar refractivity (Wildman–Crippen MR) is 54.8 cm³/mol. The van der Waals surface area contributed by atoms with Gasteiger partial charge in [0.15, 0.2) is 6.61 Å². The van der Waals surface area contributed by atoms with Gasteiger partial charge in [-0.15, -0.1) is 11.3 Å². The maximum atomic E-state index is 11.5. The molecular weight excluding hydrogens is 230 g/mol. The molecule has 0 N–H and O–H groups in total. The second-order valence-electron chi connectivity index (χ2n) is 2.38. The normalized spacial score (nSPS) is 22.3. The number of thiophene rings is 1. The first-order valence-electron chi connectivity index (χ1n) is 3.61. The van der Waals surface area contributed by atoms with Crippen LogP contribution in [0.1, 0.15) is 4.88 Å². The van der Waals surface area contributed by atoms with Crippen molar-refractivity contribution in [2.45, 2.75) is 0 Å². The zero-order valence-corrected chi connectivity index (χ0v) is 8.92. The molecule has 0 saturated heterocycles. The molecule has 0 amide bonds. The van der Waals surface area contributed by atoms with E-state index in [1.807, 2.05) is 0 Å². The van der Waals surface area contributed by atoms with Crippen LogP contribution in [0.5, 0.6) is 0 Å². The van der Waals surface area contributed by atoms with Gasteiger partial charge in [-0.05, 0) is 17.3 Å². The lowest BCUT2D eigenvalue weighted by Gasteiger charge is -2.14. The summed E-state index contributed by atoms with van der Waals surface area (Å²) >= 11 is 6.07. The Morgan fingerprint density at radius 2 is 2.46 bits per heavy atom. The first-order chi connectivity index (χ1) is 6.27. The van der Waals surface area contributed by atoms with Gasteiger partial charge in [0, 0.05) is 11.2 Å². The Hall–Kier alpha value is -0.230. The maximum Gasteiger partial charge on any atom is 0.295 e. The number of nitrogens with zero attached hydrogens (tertiary/aromatic N) is 1. The standard InChI is InChI=1S/C7H6ClNO2S2/c8-6-2-1-5(12-6)7-9-11-3-4-13(7)10/h1-2H,3-4H2. The molecule has 1 aromatic heterocycles. The molecule has 2 rings (SSSR count). The van der Waals surface area contributed by atoms with Gasteiger partial charge in [0.2, 0.25) is 0 Å². The van der Waals surface area contributed by atoms with E-state index in [9.17, 15) is 4.55 Å². The lowest BCUT2D eigenvalue weighted by molar-refractivity contribution is 0.158. The second-order valence-corrected chi connectivity index (χ2v) is 5.58. The lowest BCUT2D eigenvalue weighted by Crippen LogP contribution is -2.25. The number of hydrogen-bond donors (Lipinski definition) is 0. The Balaban J connectivity index is 2.29. The molecule has 0 fully saturated rings. The minimum Gasteiger partial charge on any atom is -0.610 e. The van der Waals surface area contributed by atoms with Crippen molar-refractivity contribution < 1.29 is 9.39 Å². The second kappa shape index (κ2) is 3.88. The summed E-state index contributed by atoms with van der Waals surface area (Å²) in [6, 6.07) is 3.56. The summed E-state index contributed by atoms with van der Waals surface area (Å²) in [5.41, 5.74) is 0. The summed E-state index contributed by atoms with van der Waals surface area (Å²) in [6.45, 7) is 0.426. The van der Waals surface area contributed by atoms with E-state index < -0.39 is 11.2 Å². The summed E-state index contributed by atoms with van der Waals surface area (Å²) in [6.07, 6.45) is 0. The average molecular weight is 236 g/mol. The van der Waals surface area contributed by atoms with E-state index in [1.54, 1.807) is 12.1 Å². The molecule has 0 bridgehead atoms. The molecule has 70 valence electrons. The van der Waals surface area contributed by atoms with Crippen molar-refractivity contribution in [3.63, 3.8) is 0 Å². The van der Waals surface area contributed by atoms with E-state index in [4.69, 9.17) is 16.4 Å². The molecule has 13 heavy (non-hydrogen) atoms. The third-order valence-corrected chi connectivity index (χ3v) is 4.14. The fraction of sp³-hybridized carbons (Fsp3) is 0.286. The molecule has 0 aliphatic carbocycles. The molecule has 1 aromatic rings. The Bertz CT molecular complexity index is 339. The number of oxime groups is 1. The highest BCUT2D eigenvalue weighted by atomic mass is 35.5. The highest BCUT2D eigenvalue weighted by Crippen LogP contribution is 2.25. The van der Waals surface area contributed by atoms with Gasteiger partial charge in [-0.2, -0.15) is 0 Å². The van der Waals surface area contributed by atoms with Gasteiger partial charge in [-0.25, -0.2) is 0 Å². The minimum absolute atomic E-state index is 0.426. The van der Waals surface area contributed by atoms with Crippen LogP contribution in [0.15, 0.2) is 17.3 Å². The topological polar surface area (TPSA) is 44.6 Å². The van der Waals surface area contributed by atoms with Crippen LogP contribution in [0.4, 0.5) is 0 Å². The average Bonchev–Trinajstić information content (AvgIpc) is 2.53. The Labute approximate surface area is 87.5 Å². The molecule has 6 heteroatoms. The van der Waals surface area contributed by atoms with Crippen molar-refractivity contribution >= 4 is 39.2 Å². The molecule has 0 aromatic carbocycles. The summed E-state index contributed by atoms with van der Waals surface area (Å²) in [5.74, 6) is 0.508. The van der Waals surface area contributed by atoms with Gasteiger partial charge < -0.3 is 9.39 Å². The van der Waals surface area contributed by atoms with Crippen LogP contribution >= 0.6 is 22.9 Å². The maximum absolute atomic E-state index is 11.5. The molecule has 1 unspecified atom stereocenters. The summed E-state index contributed by atoms with van der Waals surface area (Å²) in [5, 5.41) is 4.27. The van der Waals surface area contributed by atoms with Crippen LogP contribution in [0.25, 0.3) is 0 Å². The fourth-order valence-corrected chi connectivity index (χ4v) is 3.11. The SMILES string of the molecule is [O-][S+]1CCON=C1c1ccc(Cl)s1. The molecule has 3 nitrogen and oxygen atoms in total.